The number of piperazine rings is 1. The summed E-state index contributed by atoms with van der Waals surface area (Å²) < 4.78 is 1.85. The number of carbonyl (C=O) groups is 1. The Labute approximate surface area is 155 Å². The molecule has 3 heterocycles. The van der Waals surface area contributed by atoms with Crippen LogP contribution in [0.15, 0.2) is 12.3 Å². The molecule has 142 valence electrons. The van der Waals surface area contributed by atoms with E-state index in [0.29, 0.717) is 18.2 Å². The number of hydrogen-bond acceptors (Lipinski definition) is 5. The highest BCUT2D eigenvalue weighted by molar-refractivity contribution is 5.98. The minimum atomic E-state index is -0.0554. The highest BCUT2D eigenvalue weighted by Crippen LogP contribution is 2.16. The van der Waals surface area contributed by atoms with Crippen LogP contribution >= 0.6 is 0 Å². The van der Waals surface area contributed by atoms with Crippen LogP contribution in [0.5, 0.6) is 0 Å². The number of fused-ring (bicyclic) bond motifs is 1. The van der Waals surface area contributed by atoms with Crippen molar-refractivity contribution >= 4 is 16.9 Å². The molecule has 3 rings (SSSR count). The fourth-order valence-electron chi connectivity index (χ4n) is 3.54. The third-order valence-electron chi connectivity index (χ3n) is 5.38. The van der Waals surface area contributed by atoms with E-state index in [0.717, 1.165) is 56.0 Å². The van der Waals surface area contributed by atoms with Crippen molar-refractivity contribution in [3.05, 3.63) is 23.5 Å². The molecule has 0 aliphatic carbocycles. The van der Waals surface area contributed by atoms with E-state index in [-0.39, 0.29) is 5.91 Å². The van der Waals surface area contributed by atoms with Gasteiger partial charge in [0.05, 0.1) is 17.5 Å². The van der Waals surface area contributed by atoms with Crippen molar-refractivity contribution in [3.8, 4) is 0 Å². The molecule has 0 saturated carbocycles. The van der Waals surface area contributed by atoms with Gasteiger partial charge in [-0.3, -0.25) is 9.69 Å². The summed E-state index contributed by atoms with van der Waals surface area (Å²) in [6.07, 6.45) is 1.78. The molecule has 2 aromatic heterocycles. The minimum absolute atomic E-state index is 0.0554. The van der Waals surface area contributed by atoms with Crippen molar-refractivity contribution in [1.82, 2.24) is 29.9 Å². The van der Waals surface area contributed by atoms with E-state index in [2.05, 4.69) is 39.0 Å². The number of nitrogens with one attached hydrogen (secondary N) is 1. The molecule has 0 bridgehead atoms. The van der Waals surface area contributed by atoms with Crippen LogP contribution in [0.3, 0.4) is 0 Å². The van der Waals surface area contributed by atoms with E-state index < -0.39 is 0 Å². The molecule has 1 aliphatic heterocycles. The van der Waals surface area contributed by atoms with E-state index in [1.807, 2.05) is 24.6 Å². The normalized spacial score (nSPS) is 17.5. The van der Waals surface area contributed by atoms with Crippen LogP contribution in [-0.4, -0.2) is 75.8 Å². The van der Waals surface area contributed by atoms with Crippen molar-refractivity contribution in [2.45, 2.75) is 40.3 Å². The van der Waals surface area contributed by atoms with Crippen LogP contribution < -0.4 is 5.32 Å². The Balaban J connectivity index is 1.61. The third-order valence-corrected chi connectivity index (χ3v) is 5.38. The molecule has 1 N–H and O–H groups in total. The third kappa shape index (κ3) is 3.88. The highest BCUT2D eigenvalue weighted by Gasteiger charge is 2.21. The second-order valence-electron chi connectivity index (χ2n) is 7.02. The zero-order valence-electron chi connectivity index (χ0n) is 16.3. The summed E-state index contributed by atoms with van der Waals surface area (Å²) in [6, 6.07) is 2.23. The lowest BCUT2D eigenvalue weighted by Gasteiger charge is -2.37. The zero-order chi connectivity index (χ0) is 18.7. The first-order valence-electron chi connectivity index (χ1n) is 9.61. The molecule has 1 saturated heterocycles. The van der Waals surface area contributed by atoms with Gasteiger partial charge >= 0.3 is 0 Å². The van der Waals surface area contributed by atoms with Crippen molar-refractivity contribution in [2.24, 2.45) is 0 Å². The maximum absolute atomic E-state index is 12.7. The van der Waals surface area contributed by atoms with Gasteiger partial charge in [-0.05, 0) is 33.4 Å². The Kier molecular flexibility index (Phi) is 5.88. The zero-order valence-corrected chi connectivity index (χ0v) is 16.3. The second-order valence-corrected chi connectivity index (χ2v) is 7.02. The molecule has 1 aliphatic rings. The predicted molar refractivity (Wildman–Crippen MR) is 103 cm³/mol. The van der Waals surface area contributed by atoms with Crippen LogP contribution in [0.2, 0.25) is 0 Å². The molecule has 7 heteroatoms. The van der Waals surface area contributed by atoms with E-state index >= 15 is 0 Å². The molecule has 1 amide bonds. The van der Waals surface area contributed by atoms with Gasteiger partial charge in [0.25, 0.3) is 5.91 Å². The van der Waals surface area contributed by atoms with Gasteiger partial charge in [0, 0.05) is 50.7 Å². The summed E-state index contributed by atoms with van der Waals surface area (Å²) in [4.78, 5) is 22.2. The largest absolute Gasteiger partial charge is 0.350 e. The summed E-state index contributed by atoms with van der Waals surface area (Å²) >= 11 is 0. The summed E-state index contributed by atoms with van der Waals surface area (Å²) in [6.45, 7) is 15.2. The molecule has 1 fully saturated rings. The monoisotopic (exact) mass is 358 g/mol. The Morgan fingerprint density at radius 2 is 1.96 bits per heavy atom. The molecule has 26 heavy (non-hydrogen) atoms. The number of aryl methyl sites for hydroxylation is 2. The Bertz CT molecular complexity index is 763. The number of carbonyl (C=O) groups excluding carboxylic acids is 1. The van der Waals surface area contributed by atoms with Gasteiger partial charge in [0.15, 0.2) is 5.65 Å². The smallest absolute Gasteiger partial charge is 0.253 e. The minimum Gasteiger partial charge on any atom is -0.350 e. The van der Waals surface area contributed by atoms with Crippen molar-refractivity contribution < 1.29 is 4.79 Å². The maximum Gasteiger partial charge on any atom is 0.253 e. The Morgan fingerprint density at radius 3 is 2.62 bits per heavy atom. The van der Waals surface area contributed by atoms with E-state index in [4.69, 9.17) is 0 Å². The number of hydrogen-bond donors (Lipinski definition) is 1. The molecule has 2 aromatic rings. The van der Waals surface area contributed by atoms with Crippen LogP contribution in [0.25, 0.3) is 11.0 Å². The number of aromatic nitrogens is 3. The lowest BCUT2D eigenvalue weighted by atomic mass is 10.1. The first-order valence-corrected chi connectivity index (χ1v) is 9.61. The van der Waals surface area contributed by atoms with Crippen molar-refractivity contribution in [3.63, 3.8) is 0 Å². The van der Waals surface area contributed by atoms with Crippen molar-refractivity contribution in [2.75, 3.05) is 39.3 Å². The van der Waals surface area contributed by atoms with Crippen LogP contribution in [0, 0.1) is 6.92 Å². The molecule has 0 aromatic carbocycles. The summed E-state index contributed by atoms with van der Waals surface area (Å²) in [5.74, 6) is -0.0554. The number of nitrogens with zero attached hydrogens (tertiary/aromatic N) is 5. The SMILES string of the molecule is CCN1CCN(C(C)CNC(=O)c2cc3cnn(CC)c3nc2C)CC1. The van der Waals surface area contributed by atoms with E-state index in [9.17, 15) is 4.79 Å². The summed E-state index contributed by atoms with van der Waals surface area (Å²) in [5.41, 5.74) is 2.22. The lowest BCUT2D eigenvalue weighted by molar-refractivity contribution is 0.0882. The van der Waals surface area contributed by atoms with E-state index in [1.165, 1.54) is 0 Å². The molecular formula is C19H30N6O. The topological polar surface area (TPSA) is 66.3 Å². The van der Waals surface area contributed by atoms with Crippen molar-refractivity contribution in [1.29, 1.82) is 0 Å². The van der Waals surface area contributed by atoms with Gasteiger partial charge in [0.2, 0.25) is 0 Å². The second kappa shape index (κ2) is 8.14. The quantitative estimate of drug-likeness (QED) is 0.848. The Morgan fingerprint density at radius 1 is 1.23 bits per heavy atom. The van der Waals surface area contributed by atoms with Gasteiger partial charge in [-0.2, -0.15) is 5.10 Å². The molecule has 7 nitrogen and oxygen atoms in total. The molecule has 0 spiro atoms. The van der Waals surface area contributed by atoms with Gasteiger partial charge in [-0.1, -0.05) is 6.92 Å². The number of amides is 1. The highest BCUT2D eigenvalue weighted by atomic mass is 16.1. The van der Waals surface area contributed by atoms with Gasteiger partial charge in [-0.25, -0.2) is 9.67 Å². The lowest BCUT2D eigenvalue weighted by Crippen LogP contribution is -2.52. The fraction of sp³-hybridized carbons (Fsp3) is 0.632. The van der Waals surface area contributed by atoms with Gasteiger partial charge in [-0.15, -0.1) is 0 Å². The molecule has 0 radical (unpaired) electrons. The average Bonchev–Trinajstić information content (AvgIpc) is 3.07. The first-order chi connectivity index (χ1) is 12.5. The average molecular weight is 358 g/mol. The van der Waals surface area contributed by atoms with Gasteiger partial charge in [0.1, 0.15) is 0 Å². The van der Waals surface area contributed by atoms with Crippen LogP contribution in [0.4, 0.5) is 0 Å². The number of rotatable bonds is 6. The standard InChI is InChI=1S/C19H30N6O/c1-5-23-7-9-24(10-8-23)14(3)12-20-19(26)17-11-16-13-21-25(6-2)18(16)22-15(17)4/h11,13-14H,5-10,12H2,1-4H3,(H,20,26). The van der Waals surface area contributed by atoms with Gasteiger partial charge < -0.3 is 10.2 Å². The summed E-state index contributed by atoms with van der Waals surface area (Å²) in [7, 11) is 0. The molecular weight excluding hydrogens is 328 g/mol. The maximum atomic E-state index is 12.7. The van der Waals surface area contributed by atoms with Crippen LogP contribution in [-0.2, 0) is 6.54 Å². The fourth-order valence-corrected chi connectivity index (χ4v) is 3.54. The number of pyridine rings is 1. The van der Waals surface area contributed by atoms with E-state index in [1.54, 1.807) is 6.20 Å². The molecule has 1 atom stereocenters. The molecule has 1 unspecified atom stereocenters. The first kappa shape index (κ1) is 18.8. The Hall–Kier alpha value is -1.99. The van der Waals surface area contributed by atoms with Crippen LogP contribution in [0.1, 0.15) is 36.8 Å². The number of likely N-dealkylation sites (N-methyl/N-ethyl adjacent to an activating group) is 1. The predicted octanol–water partition coefficient (Wildman–Crippen LogP) is 1.52. The summed E-state index contributed by atoms with van der Waals surface area (Å²) in [5, 5.41) is 8.31.